The molecule has 5 rings (SSSR count). The summed E-state index contributed by atoms with van der Waals surface area (Å²) < 4.78 is 40.7. The summed E-state index contributed by atoms with van der Waals surface area (Å²) in [5.74, 6) is 0. The molecule has 1 saturated carbocycles. The van der Waals surface area contributed by atoms with Crippen LogP contribution in [0.15, 0.2) is 60.7 Å². The van der Waals surface area contributed by atoms with Gasteiger partial charge in [0.25, 0.3) is 0 Å². The molecule has 208 valence electrons. The van der Waals surface area contributed by atoms with Crippen molar-refractivity contribution in [2.24, 2.45) is 0 Å². The summed E-state index contributed by atoms with van der Waals surface area (Å²) in [4.78, 5) is 7.70. The standard InChI is InChI=1S/C30H25F3N6S2/c1-18-5-9-22(10-6-18)39-28(41)38(23-11-12-25(35-3)19(2)15-23)26(29(39)13-4-14-29)37-27(40)36-21-8-7-20(17-34)24(16-21)30(31,32)33/h5-12,15-16,26H,4,13-14H2,1-2H3,(H2,36,37,40). The molecule has 0 radical (unpaired) electrons. The van der Waals surface area contributed by atoms with Gasteiger partial charge in [-0.2, -0.15) is 18.4 Å². The molecule has 1 saturated heterocycles. The van der Waals surface area contributed by atoms with Crippen molar-refractivity contribution in [1.82, 2.24) is 5.32 Å². The first-order valence-corrected chi connectivity index (χ1v) is 13.7. The molecule has 1 aliphatic carbocycles. The minimum absolute atomic E-state index is 0.108. The molecule has 2 fully saturated rings. The van der Waals surface area contributed by atoms with Gasteiger partial charge in [0.2, 0.25) is 0 Å². The number of hydrogen-bond acceptors (Lipinski definition) is 3. The highest BCUT2D eigenvalue weighted by molar-refractivity contribution is 7.81. The number of nitrogens with one attached hydrogen (secondary N) is 2. The Labute approximate surface area is 247 Å². The highest BCUT2D eigenvalue weighted by atomic mass is 32.1. The summed E-state index contributed by atoms with van der Waals surface area (Å²) in [6.45, 7) is 11.3. The van der Waals surface area contributed by atoms with Crippen LogP contribution in [-0.2, 0) is 6.18 Å². The van der Waals surface area contributed by atoms with E-state index in [1.165, 1.54) is 6.07 Å². The zero-order valence-corrected chi connectivity index (χ0v) is 23.8. The Morgan fingerprint density at radius 1 is 1.07 bits per heavy atom. The lowest BCUT2D eigenvalue weighted by molar-refractivity contribution is -0.137. The van der Waals surface area contributed by atoms with Crippen molar-refractivity contribution in [3.63, 3.8) is 0 Å². The van der Waals surface area contributed by atoms with Crippen LogP contribution in [0.3, 0.4) is 0 Å². The molecule has 1 unspecified atom stereocenters. The lowest BCUT2D eigenvalue weighted by atomic mass is 9.73. The molecule has 1 aliphatic heterocycles. The Hall–Kier alpha value is -4.19. The zero-order chi connectivity index (χ0) is 29.5. The molecule has 41 heavy (non-hydrogen) atoms. The minimum Gasteiger partial charge on any atom is -0.340 e. The highest BCUT2D eigenvalue weighted by Gasteiger charge is 2.59. The van der Waals surface area contributed by atoms with Crippen molar-refractivity contribution < 1.29 is 13.2 Å². The number of alkyl halides is 3. The van der Waals surface area contributed by atoms with Gasteiger partial charge >= 0.3 is 6.18 Å². The lowest BCUT2D eigenvalue weighted by Gasteiger charge is -2.49. The van der Waals surface area contributed by atoms with E-state index in [1.54, 1.807) is 12.1 Å². The number of nitriles is 1. The topological polar surface area (TPSA) is 58.7 Å². The maximum Gasteiger partial charge on any atom is 0.417 e. The van der Waals surface area contributed by atoms with E-state index in [0.29, 0.717) is 10.8 Å². The molecule has 11 heteroatoms. The van der Waals surface area contributed by atoms with Gasteiger partial charge in [0.15, 0.2) is 15.9 Å². The molecule has 0 aromatic heterocycles. The number of halogens is 3. The molecule has 3 aromatic rings. The summed E-state index contributed by atoms with van der Waals surface area (Å²) >= 11 is 11.7. The second-order valence-corrected chi connectivity index (χ2v) is 11.0. The Kier molecular flexibility index (Phi) is 7.37. The number of hydrogen-bond donors (Lipinski definition) is 2. The number of nitrogens with zero attached hydrogens (tertiary/aromatic N) is 4. The van der Waals surface area contributed by atoms with E-state index in [9.17, 15) is 13.2 Å². The fraction of sp³-hybridized carbons (Fsp3) is 0.267. The number of anilines is 3. The van der Waals surface area contributed by atoms with Gasteiger partial charge in [0.05, 0.1) is 29.3 Å². The average Bonchev–Trinajstić information content (AvgIpc) is 3.16. The van der Waals surface area contributed by atoms with Crippen molar-refractivity contribution in [1.29, 1.82) is 5.26 Å². The van der Waals surface area contributed by atoms with E-state index in [2.05, 4.69) is 20.4 Å². The van der Waals surface area contributed by atoms with Crippen LogP contribution in [0.25, 0.3) is 4.85 Å². The largest absolute Gasteiger partial charge is 0.417 e. The van der Waals surface area contributed by atoms with Crippen molar-refractivity contribution in [2.75, 3.05) is 15.1 Å². The number of rotatable bonds is 4. The first-order valence-electron chi connectivity index (χ1n) is 12.9. The fourth-order valence-electron chi connectivity index (χ4n) is 5.49. The predicted octanol–water partition coefficient (Wildman–Crippen LogP) is 7.59. The first-order chi connectivity index (χ1) is 19.5. The normalized spacial score (nSPS) is 17.5. The van der Waals surface area contributed by atoms with Crippen LogP contribution in [-0.4, -0.2) is 21.9 Å². The Morgan fingerprint density at radius 2 is 1.76 bits per heavy atom. The van der Waals surface area contributed by atoms with Gasteiger partial charge in [-0.05, 0) is 106 Å². The van der Waals surface area contributed by atoms with Gasteiger partial charge in [-0.1, -0.05) is 23.8 Å². The van der Waals surface area contributed by atoms with Gasteiger partial charge in [-0.25, -0.2) is 4.85 Å². The van der Waals surface area contributed by atoms with E-state index < -0.39 is 29.0 Å². The highest BCUT2D eigenvalue weighted by Crippen LogP contribution is 2.50. The maximum absolute atomic E-state index is 13.6. The minimum atomic E-state index is -4.69. The SMILES string of the molecule is [C-]#[N+]c1ccc(N2C(=S)N(c3ccc(C)cc3)C3(CCC3)C2NC(=S)Nc2ccc(C#N)c(C(F)(F)F)c2)cc1C. The van der Waals surface area contributed by atoms with E-state index >= 15 is 0 Å². The maximum atomic E-state index is 13.6. The monoisotopic (exact) mass is 590 g/mol. The molecule has 1 atom stereocenters. The van der Waals surface area contributed by atoms with Gasteiger partial charge in [0.1, 0.15) is 6.17 Å². The zero-order valence-electron chi connectivity index (χ0n) is 22.2. The van der Waals surface area contributed by atoms with Gasteiger partial charge in [0, 0.05) is 17.1 Å². The van der Waals surface area contributed by atoms with Gasteiger partial charge < -0.3 is 15.5 Å². The van der Waals surface area contributed by atoms with Crippen molar-refractivity contribution in [3.05, 3.63) is 94.3 Å². The summed E-state index contributed by atoms with van der Waals surface area (Å²) in [6, 6.07) is 18.6. The molecule has 0 bridgehead atoms. The molecular formula is C30H25F3N6S2. The Morgan fingerprint density at radius 3 is 2.32 bits per heavy atom. The van der Waals surface area contributed by atoms with Crippen LogP contribution in [0.5, 0.6) is 0 Å². The summed E-state index contributed by atoms with van der Waals surface area (Å²) in [5.41, 5.74) is 2.31. The Balaban J connectivity index is 1.53. The second-order valence-electron chi connectivity index (χ2n) is 10.2. The van der Waals surface area contributed by atoms with E-state index in [0.717, 1.165) is 53.9 Å². The van der Waals surface area contributed by atoms with Crippen LogP contribution >= 0.6 is 24.4 Å². The average molecular weight is 591 g/mol. The van der Waals surface area contributed by atoms with Crippen LogP contribution in [0.4, 0.5) is 35.9 Å². The first kappa shape index (κ1) is 28.3. The Bertz CT molecular complexity index is 1620. The molecule has 1 spiro atoms. The van der Waals surface area contributed by atoms with Gasteiger partial charge in [-0.15, -0.1) is 0 Å². The second kappa shape index (κ2) is 10.7. The van der Waals surface area contributed by atoms with Crippen molar-refractivity contribution in [3.8, 4) is 6.07 Å². The van der Waals surface area contributed by atoms with E-state index in [1.807, 2.05) is 55.1 Å². The van der Waals surface area contributed by atoms with E-state index in [-0.39, 0.29) is 10.8 Å². The van der Waals surface area contributed by atoms with Crippen molar-refractivity contribution >= 4 is 57.4 Å². The number of thiocarbonyl (C=S) groups is 2. The number of benzene rings is 3. The van der Waals surface area contributed by atoms with Gasteiger partial charge in [-0.3, -0.25) is 4.90 Å². The quantitative estimate of drug-likeness (QED) is 0.240. The molecular weight excluding hydrogens is 566 g/mol. The van der Waals surface area contributed by atoms with Crippen LogP contribution in [0.1, 0.15) is 41.5 Å². The van der Waals surface area contributed by atoms with Crippen LogP contribution in [0, 0.1) is 31.8 Å². The molecule has 1 heterocycles. The predicted molar refractivity (Wildman–Crippen MR) is 162 cm³/mol. The third kappa shape index (κ3) is 5.08. The third-order valence-electron chi connectivity index (χ3n) is 7.67. The molecule has 2 N–H and O–H groups in total. The number of aryl methyl sites for hydroxylation is 2. The molecule has 0 amide bonds. The molecule has 6 nitrogen and oxygen atoms in total. The fourth-order valence-corrected chi connectivity index (χ4v) is 6.21. The van der Waals surface area contributed by atoms with Crippen LogP contribution < -0.4 is 20.4 Å². The van der Waals surface area contributed by atoms with Crippen LogP contribution in [0.2, 0.25) is 0 Å². The molecule has 2 aliphatic rings. The molecule has 3 aromatic carbocycles. The summed E-state index contributed by atoms with van der Waals surface area (Å²) in [6.07, 6.45) is -2.55. The third-order valence-corrected chi connectivity index (χ3v) is 8.27. The van der Waals surface area contributed by atoms with E-state index in [4.69, 9.17) is 36.3 Å². The van der Waals surface area contributed by atoms with Crippen molar-refractivity contribution in [2.45, 2.75) is 51.0 Å². The smallest absolute Gasteiger partial charge is 0.340 e. The summed E-state index contributed by atoms with van der Waals surface area (Å²) in [7, 11) is 0. The summed E-state index contributed by atoms with van der Waals surface area (Å²) in [5, 5.41) is 16.0. The lowest BCUT2D eigenvalue weighted by Crippen LogP contribution is -2.63.